The predicted octanol–water partition coefficient (Wildman–Crippen LogP) is 1.16. The number of pyridine rings is 1. The maximum absolute atomic E-state index is 11.9. The first kappa shape index (κ1) is 11.9. The van der Waals surface area contributed by atoms with E-state index < -0.39 is 0 Å². The second-order valence-electron chi connectivity index (χ2n) is 4.58. The summed E-state index contributed by atoms with van der Waals surface area (Å²) in [6.07, 6.45) is 2.39. The number of aromatic nitrogens is 1. The average molecular weight is 235 g/mol. The van der Waals surface area contributed by atoms with Crippen molar-refractivity contribution in [2.45, 2.75) is 32.2 Å². The summed E-state index contributed by atoms with van der Waals surface area (Å²) in [6.45, 7) is 1.81. The van der Waals surface area contributed by atoms with E-state index in [-0.39, 0.29) is 29.4 Å². The van der Waals surface area contributed by atoms with Crippen LogP contribution in [0.3, 0.4) is 0 Å². The van der Waals surface area contributed by atoms with Gasteiger partial charge in [-0.1, -0.05) is 0 Å². The fourth-order valence-corrected chi connectivity index (χ4v) is 2.11. The number of aryl methyl sites for hydroxylation is 1. The largest absolute Gasteiger partial charge is 0.504 e. The summed E-state index contributed by atoms with van der Waals surface area (Å²) >= 11 is 0. The van der Waals surface area contributed by atoms with E-state index in [1.807, 2.05) is 0 Å². The minimum atomic E-state index is -0.105. The monoisotopic (exact) mass is 235 g/mol. The highest BCUT2D eigenvalue weighted by molar-refractivity contribution is 5.93. The first-order valence-electron chi connectivity index (χ1n) is 5.79. The molecule has 4 N–H and O–H groups in total. The molecule has 17 heavy (non-hydrogen) atoms. The maximum Gasteiger partial charge on any atom is 0.228 e. The highest BCUT2D eigenvalue weighted by atomic mass is 16.3. The number of hydrogen-bond donors (Lipinski definition) is 3. The Labute approximate surface area is 100 Å². The molecule has 0 radical (unpaired) electrons. The molecule has 1 saturated carbocycles. The summed E-state index contributed by atoms with van der Waals surface area (Å²) in [4.78, 5) is 16.0. The topological polar surface area (TPSA) is 88.2 Å². The van der Waals surface area contributed by atoms with Crippen LogP contribution in [-0.4, -0.2) is 22.0 Å². The third-order valence-corrected chi connectivity index (χ3v) is 3.10. The molecule has 0 spiro atoms. The van der Waals surface area contributed by atoms with Crippen LogP contribution in [0.25, 0.3) is 0 Å². The summed E-state index contributed by atoms with van der Waals surface area (Å²) in [5, 5.41) is 12.2. The zero-order valence-corrected chi connectivity index (χ0v) is 9.81. The number of anilines is 1. The van der Waals surface area contributed by atoms with Gasteiger partial charge in [-0.25, -0.2) is 4.98 Å². The van der Waals surface area contributed by atoms with Crippen molar-refractivity contribution in [3.8, 4) is 5.75 Å². The first-order chi connectivity index (χ1) is 8.06. The molecule has 92 valence electrons. The molecule has 0 bridgehead atoms. The van der Waals surface area contributed by atoms with Gasteiger partial charge in [-0.2, -0.15) is 0 Å². The number of amides is 1. The third-order valence-electron chi connectivity index (χ3n) is 3.10. The molecule has 2 unspecified atom stereocenters. The smallest absolute Gasteiger partial charge is 0.228 e. The molecule has 0 aliphatic heterocycles. The molecule has 1 aliphatic rings. The summed E-state index contributed by atoms with van der Waals surface area (Å²) in [5.74, 6) is 0.0554. The second-order valence-corrected chi connectivity index (χ2v) is 4.58. The van der Waals surface area contributed by atoms with Gasteiger partial charge in [0.2, 0.25) is 5.91 Å². The van der Waals surface area contributed by atoms with Gasteiger partial charge in [-0.05, 0) is 38.3 Å². The zero-order valence-electron chi connectivity index (χ0n) is 9.81. The van der Waals surface area contributed by atoms with E-state index in [4.69, 9.17) is 5.73 Å². The second kappa shape index (κ2) is 4.71. The Morgan fingerprint density at radius 1 is 1.53 bits per heavy atom. The fourth-order valence-electron chi connectivity index (χ4n) is 2.11. The predicted molar refractivity (Wildman–Crippen MR) is 64.6 cm³/mol. The van der Waals surface area contributed by atoms with E-state index in [0.29, 0.717) is 6.42 Å². The van der Waals surface area contributed by atoms with E-state index in [2.05, 4.69) is 10.3 Å². The molecule has 1 aliphatic carbocycles. The van der Waals surface area contributed by atoms with Crippen LogP contribution in [0.15, 0.2) is 12.1 Å². The molecule has 0 saturated heterocycles. The normalized spacial score (nSPS) is 23.6. The standard InChI is InChI=1S/C12H17N3O2/c1-7-2-5-10(16)11(14-7)15-12(17)8-3-4-9(13)6-8/h2,5,8-9,16H,3-4,6,13H2,1H3,(H,14,15,17). The minimum Gasteiger partial charge on any atom is -0.504 e. The molecule has 5 nitrogen and oxygen atoms in total. The van der Waals surface area contributed by atoms with E-state index in [1.54, 1.807) is 13.0 Å². The van der Waals surface area contributed by atoms with Crippen LogP contribution in [0.5, 0.6) is 5.75 Å². The highest BCUT2D eigenvalue weighted by Crippen LogP contribution is 2.27. The molecule has 1 fully saturated rings. The van der Waals surface area contributed by atoms with Crippen LogP contribution < -0.4 is 11.1 Å². The number of aromatic hydroxyl groups is 1. The number of nitrogens with one attached hydrogen (secondary N) is 1. The number of hydrogen-bond acceptors (Lipinski definition) is 4. The van der Waals surface area contributed by atoms with Crippen molar-refractivity contribution >= 4 is 11.7 Å². The summed E-state index contributed by atoms with van der Waals surface area (Å²) < 4.78 is 0. The SMILES string of the molecule is Cc1ccc(O)c(NC(=O)C2CCC(N)C2)n1. The van der Waals surface area contributed by atoms with Crippen molar-refractivity contribution in [3.63, 3.8) is 0 Å². The Hall–Kier alpha value is -1.62. The van der Waals surface area contributed by atoms with Gasteiger partial charge in [0.15, 0.2) is 11.6 Å². The zero-order chi connectivity index (χ0) is 12.4. The van der Waals surface area contributed by atoms with E-state index >= 15 is 0 Å². The molecule has 5 heteroatoms. The minimum absolute atomic E-state index is 0.00811. The van der Waals surface area contributed by atoms with Crippen molar-refractivity contribution in [2.24, 2.45) is 11.7 Å². The van der Waals surface area contributed by atoms with Gasteiger partial charge in [0.05, 0.1) is 0 Å². The molecule has 2 rings (SSSR count). The van der Waals surface area contributed by atoms with Crippen molar-refractivity contribution in [3.05, 3.63) is 17.8 Å². The van der Waals surface area contributed by atoms with Gasteiger partial charge in [0, 0.05) is 17.7 Å². The van der Waals surface area contributed by atoms with E-state index in [1.165, 1.54) is 6.07 Å². The van der Waals surface area contributed by atoms with Crippen LogP contribution >= 0.6 is 0 Å². The van der Waals surface area contributed by atoms with E-state index in [0.717, 1.165) is 18.5 Å². The van der Waals surface area contributed by atoms with Gasteiger partial charge < -0.3 is 16.2 Å². The fraction of sp³-hybridized carbons (Fsp3) is 0.500. The number of nitrogens with zero attached hydrogens (tertiary/aromatic N) is 1. The number of carbonyl (C=O) groups excluding carboxylic acids is 1. The molecule has 0 aromatic carbocycles. The molecule has 1 aromatic rings. The van der Waals surface area contributed by atoms with Crippen LogP contribution in [0.2, 0.25) is 0 Å². The molecular weight excluding hydrogens is 218 g/mol. The Morgan fingerprint density at radius 3 is 2.94 bits per heavy atom. The first-order valence-corrected chi connectivity index (χ1v) is 5.79. The van der Waals surface area contributed by atoms with Crippen molar-refractivity contribution in [2.75, 3.05) is 5.32 Å². The third kappa shape index (κ3) is 2.74. The van der Waals surface area contributed by atoms with Crippen LogP contribution in [0, 0.1) is 12.8 Å². The Bertz CT molecular complexity index is 434. The molecule has 1 aromatic heterocycles. The van der Waals surface area contributed by atoms with Crippen molar-refractivity contribution in [1.29, 1.82) is 0 Å². The quantitative estimate of drug-likeness (QED) is 0.717. The summed E-state index contributed by atoms with van der Waals surface area (Å²) in [7, 11) is 0. The summed E-state index contributed by atoms with van der Waals surface area (Å²) in [6, 6.07) is 3.33. The lowest BCUT2D eigenvalue weighted by atomic mass is 10.1. The van der Waals surface area contributed by atoms with Crippen molar-refractivity contribution in [1.82, 2.24) is 4.98 Å². The summed E-state index contributed by atoms with van der Waals surface area (Å²) in [5.41, 5.74) is 6.52. The lowest BCUT2D eigenvalue weighted by Crippen LogP contribution is -2.23. The maximum atomic E-state index is 11.9. The highest BCUT2D eigenvalue weighted by Gasteiger charge is 2.28. The van der Waals surface area contributed by atoms with Gasteiger partial charge in [-0.15, -0.1) is 0 Å². The molecule has 2 atom stereocenters. The van der Waals surface area contributed by atoms with Gasteiger partial charge in [0.25, 0.3) is 0 Å². The Balaban J connectivity index is 2.05. The van der Waals surface area contributed by atoms with E-state index in [9.17, 15) is 9.90 Å². The lowest BCUT2D eigenvalue weighted by Gasteiger charge is -2.11. The molecule has 1 heterocycles. The average Bonchev–Trinajstić information content (AvgIpc) is 2.70. The van der Waals surface area contributed by atoms with Gasteiger partial charge >= 0.3 is 0 Å². The van der Waals surface area contributed by atoms with Crippen LogP contribution in [0.4, 0.5) is 5.82 Å². The number of nitrogens with two attached hydrogens (primary N) is 1. The number of rotatable bonds is 2. The lowest BCUT2D eigenvalue weighted by molar-refractivity contribution is -0.119. The van der Waals surface area contributed by atoms with Crippen LogP contribution in [-0.2, 0) is 4.79 Å². The van der Waals surface area contributed by atoms with Crippen LogP contribution in [0.1, 0.15) is 25.0 Å². The molecular formula is C12H17N3O2. The van der Waals surface area contributed by atoms with Crippen molar-refractivity contribution < 1.29 is 9.90 Å². The van der Waals surface area contributed by atoms with Gasteiger partial charge in [0.1, 0.15) is 0 Å². The Kier molecular flexibility index (Phi) is 3.28. The van der Waals surface area contributed by atoms with Gasteiger partial charge in [-0.3, -0.25) is 4.79 Å². The Morgan fingerprint density at radius 2 is 2.29 bits per heavy atom. The number of carbonyl (C=O) groups is 1. The molecule has 1 amide bonds.